The first-order valence-electron chi connectivity index (χ1n) is 8.67. The Morgan fingerprint density at radius 2 is 1.92 bits per heavy atom. The SMILES string of the molecule is CC(=O)C1=C(C(=O)O)OC2C(O)C3(O)CCCCC3C(C)(C1=O)C2C. The summed E-state index contributed by atoms with van der Waals surface area (Å²) in [6.45, 7) is 4.51. The monoisotopic (exact) mass is 352 g/mol. The van der Waals surface area contributed by atoms with Crippen LogP contribution < -0.4 is 0 Å². The molecule has 3 N–H and O–H groups in total. The van der Waals surface area contributed by atoms with Gasteiger partial charge in [-0.1, -0.05) is 26.7 Å². The van der Waals surface area contributed by atoms with Crippen molar-refractivity contribution in [1.29, 1.82) is 0 Å². The summed E-state index contributed by atoms with van der Waals surface area (Å²) in [5, 5.41) is 31.5. The van der Waals surface area contributed by atoms with Gasteiger partial charge in [0.15, 0.2) is 11.6 Å². The third kappa shape index (κ3) is 2.22. The largest absolute Gasteiger partial charge is 0.479 e. The van der Waals surface area contributed by atoms with Gasteiger partial charge in [0, 0.05) is 17.3 Å². The lowest BCUT2D eigenvalue weighted by atomic mass is 9.48. The highest BCUT2D eigenvalue weighted by Crippen LogP contribution is 2.58. The maximum Gasteiger partial charge on any atom is 0.372 e. The molecule has 0 radical (unpaired) electrons. The zero-order valence-electron chi connectivity index (χ0n) is 14.6. The van der Waals surface area contributed by atoms with Crippen LogP contribution in [0.25, 0.3) is 0 Å². The number of aliphatic hydroxyl groups is 2. The van der Waals surface area contributed by atoms with Gasteiger partial charge in [-0.05, 0) is 19.8 Å². The summed E-state index contributed by atoms with van der Waals surface area (Å²) in [7, 11) is 0. The van der Waals surface area contributed by atoms with Gasteiger partial charge in [-0.2, -0.15) is 0 Å². The van der Waals surface area contributed by atoms with Crippen LogP contribution in [0.1, 0.15) is 46.5 Å². The molecule has 0 spiro atoms. The molecule has 138 valence electrons. The Kier molecular flexibility index (Phi) is 4.08. The van der Waals surface area contributed by atoms with Crippen molar-refractivity contribution >= 4 is 17.5 Å². The normalized spacial score (nSPS) is 43.8. The smallest absolute Gasteiger partial charge is 0.372 e. The summed E-state index contributed by atoms with van der Waals surface area (Å²) in [6, 6.07) is 0. The van der Waals surface area contributed by atoms with Crippen molar-refractivity contribution in [2.45, 2.75) is 64.3 Å². The Balaban J connectivity index is 2.27. The number of aliphatic hydroxyl groups excluding tert-OH is 1. The minimum Gasteiger partial charge on any atom is -0.479 e. The number of Topliss-reactive ketones (excluding diaryl/α,β-unsaturated/α-hetero) is 2. The molecule has 2 saturated carbocycles. The van der Waals surface area contributed by atoms with E-state index < -0.39 is 63.9 Å². The van der Waals surface area contributed by atoms with Crippen LogP contribution in [0, 0.1) is 17.3 Å². The minimum atomic E-state index is -1.53. The first-order chi connectivity index (χ1) is 11.6. The highest BCUT2D eigenvalue weighted by molar-refractivity contribution is 6.24. The Labute approximate surface area is 145 Å². The Morgan fingerprint density at radius 3 is 2.48 bits per heavy atom. The van der Waals surface area contributed by atoms with E-state index in [0.717, 1.165) is 13.3 Å². The van der Waals surface area contributed by atoms with E-state index in [-0.39, 0.29) is 0 Å². The summed E-state index contributed by atoms with van der Waals surface area (Å²) in [5.41, 5.74) is -3.20. The topological polar surface area (TPSA) is 121 Å². The molecule has 1 heterocycles. The zero-order valence-corrected chi connectivity index (χ0v) is 14.6. The lowest BCUT2D eigenvalue weighted by molar-refractivity contribution is -0.247. The van der Waals surface area contributed by atoms with E-state index in [1.54, 1.807) is 13.8 Å². The molecule has 3 aliphatic rings. The van der Waals surface area contributed by atoms with Crippen LogP contribution >= 0.6 is 0 Å². The fraction of sp³-hybridized carbons (Fsp3) is 0.722. The number of fused-ring (bicyclic) bond motifs is 4. The number of ketones is 2. The summed E-state index contributed by atoms with van der Waals surface area (Å²) >= 11 is 0. The molecule has 25 heavy (non-hydrogen) atoms. The van der Waals surface area contributed by atoms with Gasteiger partial charge in [0.25, 0.3) is 0 Å². The number of aliphatic carboxylic acids is 1. The predicted octanol–water partition coefficient (Wildman–Crippen LogP) is 0.820. The average molecular weight is 352 g/mol. The van der Waals surface area contributed by atoms with Crippen molar-refractivity contribution < 1.29 is 34.4 Å². The second kappa shape index (κ2) is 5.64. The van der Waals surface area contributed by atoms with E-state index in [4.69, 9.17) is 4.74 Å². The maximum atomic E-state index is 13.3. The van der Waals surface area contributed by atoms with Gasteiger partial charge >= 0.3 is 5.97 Å². The molecule has 0 amide bonds. The molecular formula is C18H24O7. The zero-order chi connectivity index (χ0) is 18.7. The third-order valence-electron chi connectivity index (χ3n) is 6.65. The van der Waals surface area contributed by atoms with Crippen LogP contribution in [0.4, 0.5) is 0 Å². The predicted molar refractivity (Wildman–Crippen MR) is 85.4 cm³/mol. The second-order valence-corrected chi connectivity index (χ2v) is 7.78. The Morgan fingerprint density at radius 1 is 1.28 bits per heavy atom. The number of hydrogen-bond donors (Lipinski definition) is 3. The van der Waals surface area contributed by atoms with Gasteiger partial charge in [-0.3, -0.25) is 9.59 Å². The van der Waals surface area contributed by atoms with Crippen LogP contribution in [-0.2, 0) is 19.1 Å². The molecule has 0 aromatic heterocycles. The molecule has 0 aromatic rings. The number of carboxylic acids is 1. The van der Waals surface area contributed by atoms with Crippen LogP contribution in [0.5, 0.6) is 0 Å². The summed E-state index contributed by atoms with van der Waals surface area (Å²) in [4.78, 5) is 37.1. The Bertz CT molecular complexity index is 681. The molecule has 2 aliphatic carbocycles. The van der Waals surface area contributed by atoms with E-state index in [1.807, 2.05) is 0 Å². The molecule has 6 unspecified atom stereocenters. The first-order valence-corrected chi connectivity index (χ1v) is 8.67. The molecular weight excluding hydrogens is 328 g/mol. The number of carbonyl (C=O) groups is 3. The molecule has 1 aliphatic heterocycles. The van der Waals surface area contributed by atoms with Crippen molar-refractivity contribution in [2.24, 2.45) is 17.3 Å². The molecule has 0 aromatic carbocycles. The van der Waals surface area contributed by atoms with Crippen molar-refractivity contribution in [3.8, 4) is 0 Å². The number of hydrogen-bond acceptors (Lipinski definition) is 6. The summed E-state index contributed by atoms with van der Waals surface area (Å²) in [5.74, 6) is -4.65. The van der Waals surface area contributed by atoms with Gasteiger partial charge < -0.3 is 20.1 Å². The number of allylic oxidation sites excluding steroid dienone is 1. The molecule has 2 fully saturated rings. The fourth-order valence-corrected chi connectivity index (χ4v) is 5.15. The van der Waals surface area contributed by atoms with Crippen LogP contribution in [0.15, 0.2) is 11.3 Å². The van der Waals surface area contributed by atoms with Crippen molar-refractivity contribution in [3.05, 3.63) is 11.3 Å². The van der Waals surface area contributed by atoms with Gasteiger partial charge in [0.05, 0.1) is 5.60 Å². The van der Waals surface area contributed by atoms with Crippen molar-refractivity contribution in [1.82, 2.24) is 0 Å². The van der Waals surface area contributed by atoms with Crippen molar-refractivity contribution in [3.63, 3.8) is 0 Å². The standard InChI is InChI=1S/C18H24O7/c1-8-12-15(21)18(24)7-5-4-6-10(18)17(8,3)14(20)11(9(2)19)13(25-12)16(22)23/h8,10,12,15,21,24H,4-7H2,1-3H3,(H,22,23). The van der Waals surface area contributed by atoms with Gasteiger partial charge in [0.2, 0.25) is 5.76 Å². The lowest BCUT2D eigenvalue weighted by Crippen LogP contribution is -2.69. The van der Waals surface area contributed by atoms with Gasteiger partial charge in [-0.15, -0.1) is 0 Å². The number of carbonyl (C=O) groups excluding carboxylic acids is 2. The second-order valence-electron chi connectivity index (χ2n) is 7.78. The fourth-order valence-electron chi connectivity index (χ4n) is 5.15. The number of rotatable bonds is 2. The maximum absolute atomic E-state index is 13.3. The van der Waals surface area contributed by atoms with E-state index in [1.165, 1.54) is 0 Å². The minimum absolute atomic E-state index is 0.312. The van der Waals surface area contributed by atoms with Crippen LogP contribution in [0.2, 0.25) is 0 Å². The van der Waals surface area contributed by atoms with E-state index in [0.29, 0.717) is 19.3 Å². The highest BCUT2D eigenvalue weighted by Gasteiger charge is 2.67. The quantitative estimate of drug-likeness (QED) is 0.629. The molecule has 7 heteroatoms. The number of carboxylic acid groups (broad SMARTS) is 1. The van der Waals surface area contributed by atoms with E-state index >= 15 is 0 Å². The first kappa shape index (κ1) is 18.1. The van der Waals surface area contributed by atoms with Crippen molar-refractivity contribution in [2.75, 3.05) is 0 Å². The molecule has 7 nitrogen and oxygen atoms in total. The molecule has 6 atom stereocenters. The van der Waals surface area contributed by atoms with Gasteiger partial charge in [0.1, 0.15) is 17.8 Å². The lowest BCUT2D eigenvalue weighted by Gasteiger charge is -2.58. The van der Waals surface area contributed by atoms with Crippen LogP contribution in [0.3, 0.4) is 0 Å². The number of ether oxygens (including phenoxy) is 1. The van der Waals surface area contributed by atoms with Crippen LogP contribution in [-0.4, -0.2) is 50.7 Å². The van der Waals surface area contributed by atoms with E-state index in [2.05, 4.69) is 0 Å². The third-order valence-corrected chi connectivity index (χ3v) is 6.65. The summed E-state index contributed by atoms with van der Waals surface area (Å²) in [6.07, 6.45) is -0.0579. The summed E-state index contributed by atoms with van der Waals surface area (Å²) < 4.78 is 5.52. The van der Waals surface area contributed by atoms with Gasteiger partial charge in [-0.25, -0.2) is 4.79 Å². The highest BCUT2D eigenvalue weighted by atomic mass is 16.5. The molecule has 3 rings (SSSR count). The molecule has 0 saturated heterocycles. The Hall–Kier alpha value is -1.73. The average Bonchev–Trinajstić information content (AvgIpc) is 2.61. The molecule has 2 bridgehead atoms. The van der Waals surface area contributed by atoms with E-state index in [9.17, 15) is 29.7 Å².